The average molecular weight is 189 g/mol. The maximum Gasteiger partial charge on any atom is 0.0342 e. The summed E-state index contributed by atoms with van der Waals surface area (Å²) >= 11 is 0. The molecule has 1 nitrogen and oxygen atoms in total. The molecule has 76 valence electrons. The Morgan fingerprint density at radius 2 is 1.93 bits per heavy atom. The fraction of sp³-hybridized carbons (Fsp3) is 0.538. The van der Waals surface area contributed by atoms with Crippen molar-refractivity contribution >= 4 is 5.69 Å². The van der Waals surface area contributed by atoms with E-state index >= 15 is 0 Å². The zero-order valence-corrected chi connectivity index (χ0v) is 8.87. The molecule has 0 aromatic heterocycles. The van der Waals surface area contributed by atoms with Crippen LogP contribution >= 0.6 is 0 Å². The first-order valence-corrected chi connectivity index (χ1v) is 5.66. The van der Waals surface area contributed by atoms with Gasteiger partial charge in [-0.05, 0) is 30.9 Å². The molecule has 2 atom stereocenters. The molecular weight excluding hydrogens is 170 g/mol. The van der Waals surface area contributed by atoms with E-state index in [-0.39, 0.29) is 0 Å². The van der Waals surface area contributed by atoms with E-state index in [9.17, 15) is 0 Å². The average Bonchev–Trinajstić information content (AvgIpc) is 2.19. The first kappa shape index (κ1) is 9.57. The van der Waals surface area contributed by atoms with Crippen molar-refractivity contribution in [2.75, 3.05) is 5.32 Å². The Kier molecular flexibility index (Phi) is 3.07. The molecule has 1 aromatic rings. The van der Waals surface area contributed by atoms with Crippen molar-refractivity contribution in [1.82, 2.24) is 0 Å². The number of hydrogen-bond donors (Lipinski definition) is 1. The van der Waals surface area contributed by atoms with Gasteiger partial charge in [-0.3, -0.25) is 0 Å². The van der Waals surface area contributed by atoms with Crippen LogP contribution in [0.25, 0.3) is 0 Å². The fourth-order valence-electron chi connectivity index (χ4n) is 2.34. The van der Waals surface area contributed by atoms with Gasteiger partial charge in [0.2, 0.25) is 0 Å². The summed E-state index contributed by atoms with van der Waals surface area (Å²) in [7, 11) is 0. The van der Waals surface area contributed by atoms with Crippen LogP contribution in [0, 0.1) is 5.92 Å². The van der Waals surface area contributed by atoms with E-state index in [1.54, 1.807) is 0 Å². The van der Waals surface area contributed by atoms with Crippen LogP contribution in [0.4, 0.5) is 5.69 Å². The van der Waals surface area contributed by atoms with Crippen LogP contribution in [0.5, 0.6) is 0 Å². The zero-order valence-electron chi connectivity index (χ0n) is 8.87. The van der Waals surface area contributed by atoms with Crippen molar-refractivity contribution in [3.63, 3.8) is 0 Å². The molecule has 2 unspecified atom stereocenters. The highest BCUT2D eigenvalue weighted by Gasteiger charge is 2.18. The van der Waals surface area contributed by atoms with Gasteiger partial charge in [0.15, 0.2) is 0 Å². The molecule has 1 fully saturated rings. The Morgan fingerprint density at radius 3 is 2.64 bits per heavy atom. The third-order valence-electron chi connectivity index (χ3n) is 3.08. The van der Waals surface area contributed by atoms with Gasteiger partial charge in [0.05, 0.1) is 0 Å². The normalized spacial score (nSPS) is 27.2. The highest BCUT2D eigenvalue weighted by molar-refractivity contribution is 5.43. The maximum atomic E-state index is 3.61. The number of para-hydroxylation sites is 1. The highest BCUT2D eigenvalue weighted by atomic mass is 14.9. The summed E-state index contributed by atoms with van der Waals surface area (Å²) < 4.78 is 0. The number of nitrogens with one attached hydrogen (secondary N) is 1. The lowest BCUT2D eigenvalue weighted by atomic mass is 9.87. The van der Waals surface area contributed by atoms with Crippen LogP contribution in [0.1, 0.15) is 32.6 Å². The minimum Gasteiger partial charge on any atom is -0.382 e. The second-order valence-corrected chi connectivity index (χ2v) is 4.48. The van der Waals surface area contributed by atoms with E-state index in [0.717, 1.165) is 5.92 Å². The van der Waals surface area contributed by atoms with Gasteiger partial charge in [-0.15, -0.1) is 0 Å². The summed E-state index contributed by atoms with van der Waals surface area (Å²) in [5, 5.41) is 3.61. The van der Waals surface area contributed by atoms with Crippen molar-refractivity contribution in [2.45, 2.75) is 38.6 Å². The van der Waals surface area contributed by atoms with E-state index in [1.165, 1.54) is 31.4 Å². The molecule has 0 amide bonds. The summed E-state index contributed by atoms with van der Waals surface area (Å²) in [6, 6.07) is 11.2. The lowest BCUT2D eigenvalue weighted by Gasteiger charge is -2.28. The molecule has 0 aliphatic heterocycles. The Bertz CT molecular complexity index is 268. The SMILES string of the molecule is CC1CCCC(Nc2ccccc2)C1. The van der Waals surface area contributed by atoms with Crippen molar-refractivity contribution in [1.29, 1.82) is 0 Å². The largest absolute Gasteiger partial charge is 0.382 e. The number of anilines is 1. The van der Waals surface area contributed by atoms with Crippen LogP contribution in [-0.4, -0.2) is 6.04 Å². The minimum absolute atomic E-state index is 0.696. The number of benzene rings is 1. The molecule has 0 heterocycles. The van der Waals surface area contributed by atoms with Gasteiger partial charge >= 0.3 is 0 Å². The van der Waals surface area contributed by atoms with Crippen LogP contribution in [0.3, 0.4) is 0 Å². The van der Waals surface area contributed by atoms with Crippen LogP contribution in [0.2, 0.25) is 0 Å². The molecule has 1 saturated carbocycles. The van der Waals surface area contributed by atoms with Gasteiger partial charge in [-0.2, -0.15) is 0 Å². The molecular formula is C13H19N. The Hall–Kier alpha value is -0.980. The van der Waals surface area contributed by atoms with Crippen LogP contribution < -0.4 is 5.32 Å². The van der Waals surface area contributed by atoms with Gasteiger partial charge < -0.3 is 5.32 Å². The predicted molar refractivity (Wildman–Crippen MR) is 61.5 cm³/mol. The molecule has 1 aliphatic carbocycles. The summed E-state index contributed by atoms with van der Waals surface area (Å²) in [6.07, 6.45) is 5.45. The van der Waals surface area contributed by atoms with E-state index < -0.39 is 0 Å². The first-order valence-electron chi connectivity index (χ1n) is 5.66. The molecule has 1 N–H and O–H groups in total. The van der Waals surface area contributed by atoms with E-state index in [2.05, 4.69) is 42.6 Å². The fourth-order valence-corrected chi connectivity index (χ4v) is 2.34. The Balaban J connectivity index is 1.91. The van der Waals surface area contributed by atoms with E-state index in [4.69, 9.17) is 0 Å². The summed E-state index contributed by atoms with van der Waals surface area (Å²) in [4.78, 5) is 0. The number of hydrogen-bond acceptors (Lipinski definition) is 1. The maximum absolute atomic E-state index is 3.61. The topological polar surface area (TPSA) is 12.0 Å². The van der Waals surface area contributed by atoms with Gasteiger partial charge in [0.25, 0.3) is 0 Å². The third kappa shape index (κ3) is 2.50. The molecule has 1 aromatic carbocycles. The third-order valence-corrected chi connectivity index (χ3v) is 3.08. The minimum atomic E-state index is 0.696. The van der Waals surface area contributed by atoms with Gasteiger partial charge in [-0.1, -0.05) is 38.0 Å². The van der Waals surface area contributed by atoms with Gasteiger partial charge in [-0.25, -0.2) is 0 Å². The highest BCUT2D eigenvalue weighted by Crippen LogP contribution is 2.25. The lowest BCUT2D eigenvalue weighted by Crippen LogP contribution is -2.26. The van der Waals surface area contributed by atoms with Gasteiger partial charge in [0, 0.05) is 11.7 Å². The molecule has 0 spiro atoms. The lowest BCUT2D eigenvalue weighted by molar-refractivity contribution is 0.358. The Labute approximate surface area is 86.5 Å². The monoisotopic (exact) mass is 189 g/mol. The summed E-state index contributed by atoms with van der Waals surface area (Å²) in [5.41, 5.74) is 1.27. The smallest absolute Gasteiger partial charge is 0.0342 e. The molecule has 0 saturated heterocycles. The van der Waals surface area contributed by atoms with E-state index in [1.807, 2.05) is 0 Å². The van der Waals surface area contributed by atoms with Crippen molar-refractivity contribution in [3.05, 3.63) is 30.3 Å². The molecule has 14 heavy (non-hydrogen) atoms. The van der Waals surface area contributed by atoms with Crippen molar-refractivity contribution in [2.24, 2.45) is 5.92 Å². The number of rotatable bonds is 2. The second kappa shape index (κ2) is 4.50. The second-order valence-electron chi connectivity index (χ2n) is 4.48. The van der Waals surface area contributed by atoms with E-state index in [0.29, 0.717) is 6.04 Å². The molecule has 1 heteroatoms. The van der Waals surface area contributed by atoms with Crippen LogP contribution in [0.15, 0.2) is 30.3 Å². The quantitative estimate of drug-likeness (QED) is 0.748. The Morgan fingerprint density at radius 1 is 1.14 bits per heavy atom. The molecule has 0 radical (unpaired) electrons. The molecule has 1 aliphatic rings. The summed E-state index contributed by atoms with van der Waals surface area (Å²) in [6.45, 7) is 2.36. The predicted octanol–water partition coefficient (Wildman–Crippen LogP) is 3.68. The van der Waals surface area contributed by atoms with Gasteiger partial charge in [0.1, 0.15) is 0 Å². The standard InChI is InChI=1S/C13H19N/c1-11-6-5-9-13(10-11)14-12-7-3-2-4-8-12/h2-4,7-8,11,13-14H,5-6,9-10H2,1H3. The first-order chi connectivity index (χ1) is 6.84. The van der Waals surface area contributed by atoms with Crippen molar-refractivity contribution < 1.29 is 0 Å². The van der Waals surface area contributed by atoms with Crippen molar-refractivity contribution in [3.8, 4) is 0 Å². The molecule has 2 rings (SSSR count). The van der Waals surface area contributed by atoms with Crippen LogP contribution in [-0.2, 0) is 0 Å². The molecule has 0 bridgehead atoms. The zero-order chi connectivity index (χ0) is 9.80. The summed E-state index contributed by atoms with van der Waals surface area (Å²) in [5.74, 6) is 0.893.